The van der Waals surface area contributed by atoms with E-state index in [0.717, 1.165) is 18.8 Å². The zero-order valence-corrected chi connectivity index (χ0v) is 9.65. The van der Waals surface area contributed by atoms with E-state index in [1.54, 1.807) is 30.5 Å². The Morgan fingerprint density at radius 3 is 3.00 bits per heavy atom. The third kappa shape index (κ3) is 2.07. The van der Waals surface area contributed by atoms with Gasteiger partial charge in [-0.25, -0.2) is 9.78 Å². The number of rotatable bonds is 2. The molecule has 0 bridgehead atoms. The Kier molecular flexibility index (Phi) is 2.72. The normalized spacial score (nSPS) is 17.2. The topological polar surface area (TPSA) is 53.4 Å². The largest absolute Gasteiger partial charge is 0.514 e. The number of aryl methyl sites for hydroxylation is 1. The van der Waals surface area contributed by atoms with Crippen molar-refractivity contribution in [2.24, 2.45) is 0 Å². The van der Waals surface area contributed by atoms with Gasteiger partial charge in [0.2, 0.25) is 0 Å². The smallest absolute Gasteiger partial charge is 0.422 e. The number of hydrogen-bond acceptors (Lipinski definition) is 4. The van der Waals surface area contributed by atoms with Gasteiger partial charge in [-0.15, -0.1) is 0 Å². The van der Waals surface area contributed by atoms with Crippen molar-refractivity contribution in [1.29, 1.82) is 0 Å². The maximum atomic E-state index is 11.6. The molecule has 0 saturated heterocycles. The third-order valence-electron chi connectivity index (χ3n) is 2.85. The van der Waals surface area contributed by atoms with Gasteiger partial charge in [0.25, 0.3) is 0 Å². The molecule has 0 unspecified atom stereocenters. The van der Waals surface area contributed by atoms with Crippen LogP contribution in [0, 0.1) is 0 Å². The van der Waals surface area contributed by atoms with Crippen LogP contribution in [-0.2, 0) is 11.3 Å². The lowest BCUT2D eigenvalue weighted by molar-refractivity contribution is 0.0569. The van der Waals surface area contributed by atoms with E-state index in [4.69, 9.17) is 9.47 Å². The van der Waals surface area contributed by atoms with Crippen molar-refractivity contribution in [2.45, 2.75) is 19.1 Å². The second-order valence-electron chi connectivity index (χ2n) is 4.04. The van der Waals surface area contributed by atoms with Gasteiger partial charge < -0.3 is 14.0 Å². The minimum absolute atomic E-state index is 0.309. The Hall–Kier alpha value is -2.30. The van der Waals surface area contributed by atoms with Crippen molar-refractivity contribution in [2.75, 3.05) is 0 Å². The molecule has 1 aliphatic rings. The van der Waals surface area contributed by atoms with Crippen molar-refractivity contribution in [3.63, 3.8) is 0 Å². The summed E-state index contributed by atoms with van der Waals surface area (Å²) in [6.45, 7) is 0.818. The lowest BCUT2D eigenvalue weighted by atomic mass is 10.3. The molecule has 1 atom stereocenters. The molecule has 3 rings (SSSR count). The first-order chi connectivity index (χ1) is 8.83. The number of aromatic nitrogens is 2. The van der Waals surface area contributed by atoms with E-state index < -0.39 is 6.16 Å². The predicted molar refractivity (Wildman–Crippen MR) is 63.1 cm³/mol. The second-order valence-corrected chi connectivity index (χ2v) is 4.04. The number of imidazole rings is 1. The van der Waals surface area contributed by atoms with Crippen LogP contribution in [0.15, 0.2) is 42.7 Å². The number of carbonyl (C=O) groups is 1. The Bertz CT molecular complexity index is 550. The van der Waals surface area contributed by atoms with Gasteiger partial charge in [-0.1, -0.05) is 18.2 Å². The van der Waals surface area contributed by atoms with Crippen molar-refractivity contribution in [1.82, 2.24) is 9.55 Å². The van der Waals surface area contributed by atoms with E-state index >= 15 is 0 Å². The molecular formula is C13H12N2O3. The summed E-state index contributed by atoms with van der Waals surface area (Å²) in [6.07, 6.45) is 3.32. The van der Waals surface area contributed by atoms with Crippen molar-refractivity contribution < 1.29 is 14.3 Å². The summed E-state index contributed by atoms with van der Waals surface area (Å²) in [5, 5.41) is 0. The maximum absolute atomic E-state index is 11.6. The van der Waals surface area contributed by atoms with Crippen LogP contribution in [0.25, 0.3) is 0 Å². The Morgan fingerprint density at radius 2 is 2.17 bits per heavy atom. The summed E-state index contributed by atoms with van der Waals surface area (Å²) in [4.78, 5) is 15.8. The molecule has 0 amide bonds. The minimum Gasteiger partial charge on any atom is -0.422 e. The van der Waals surface area contributed by atoms with E-state index in [9.17, 15) is 4.79 Å². The van der Waals surface area contributed by atoms with Gasteiger partial charge >= 0.3 is 6.16 Å². The average Bonchev–Trinajstić information content (AvgIpc) is 2.95. The highest BCUT2D eigenvalue weighted by molar-refractivity contribution is 5.64. The van der Waals surface area contributed by atoms with Gasteiger partial charge in [0.15, 0.2) is 6.10 Å². The molecule has 0 spiro atoms. The van der Waals surface area contributed by atoms with E-state index in [1.165, 1.54) is 0 Å². The van der Waals surface area contributed by atoms with E-state index in [0.29, 0.717) is 5.75 Å². The summed E-state index contributed by atoms with van der Waals surface area (Å²) in [6, 6.07) is 8.86. The monoisotopic (exact) mass is 244 g/mol. The van der Waals surface area contributed by atoms with Crippen LogP contribution >= 0.6 is 0 Å². The first kappa shape index (κ1) is 10.8. The standard InChI is InChI=1S/C13H12N2O3/c16-13(17-10-4-2-1-3-5-10)18-11-6-8-15-9-7-14-12(11)15/h1-5,7,9,11H,6,8H2/t11-/m1/s1. The van der Waals surface area contributed by atoms with Crippen molar-refractivity contribution >= 4 is 6.16 Å². The molecule has 0 aliphatic carbocycles. The molecule has 92 valence electrons. The zero-order valence-electron chi connectivity index (χ0n) is 9.65. The highest BCUT2D eigenvalue weighted by Crippen LogP contribution is 2.27. The summed E-state index contributed by atoms with van der Waals surface area (Å²) in [5.74, 6) is 1.25. The fourth-order valence-electron chi connectivity index (χ4n) is 2.02. The molecule has 2 heterocycles. The molecule has 5 nitrogen and oxygen atoms in total. The summed E-state index contributed by atoms with van der Waals surface area (Å²) >= 11 is 0. The van der Waals surface area contributed by atoms with Crippen LogP contribution < -0.4 is 4.74 Å². The van der Waals surface area contributed by atoms with Crippen LogP contribution in [0.5, 0.6) is 5.75 Å². The SMILES string of the molecule is O=C(Oc1ccccc1)O[C@@H]1CCn2ccnc21. The van der Waals surface area contributed by atoms with Crippen LogP contribution in [0.4, 0.5) is 4.79 Å². The number of fused-ring (bicyclic) bond motifs is 1. The van der Waals surface area contributed by atoms with Gasteiger partial charge in [0.1, 0.15) is 11.6 Å². The van der Waals surface area contributed by atoms with E-state index in [1.807, 2.05) is 16.8 Å². The number of nitrogens with zero attached hydrogens (tertiary/aromatic N) is 2. The molecular weight excluding hydrogens is 232 g/mol. The molecule has 18 heavy (non-hydrogen) atoms. The van der Waals surface area contributed by atoms with Crippen LogP contribution in [0.2, 0.25) is 0 Å². The number of ether oxygens (including phenoxy) is 2. The summed E-state index contributed by atoms with van der Waals surface area (Å²) in [7, 11) is 0. The average molecular weight is 244 g/mol. The van der Waals surface area contributed by atoms with E-state index in [-0.39, 0.29) is 6.10 Å². The quantitative estimate of drug-likeness (QED) is 0.601. The van der Waals surface area contributed by atoms with Gasteiger partial charge in [0.05, 0.1) is 0 Å². The number of para-hydroxylation sites is 1. The molecule has 0 saturated carbocycles. The first-order valence-corrected chi connectivity index (χ1v) is 5.77. The Labute approximate surface area is 104 Å². The molecule has 5 heteroatoms. The molecule has 0 radical (unpaired) electrons. The van der Waals surface area contributed by atoms with Crippen LogP contribution in [-0.4, -0.2) is 15.7 Å². The Morgan fingerprint density at radius 1 is 1.33 bits per heavy atom. The highest BCUT2D eigenvalue weighted by Gasteiger charge is 2.27. The fourth-order valence-corrected chi connectivity index (χ4v) is 2.02. The van der Waals surface area contributed by atoms with Crippen molar-refractivity contribution in [3.05, 3.63) is 48.5 Å². The van der Waals surface area contributed by atoms with Crippen LogP contribution in [0.1, 0.15) is 18.3 Å². The minimum atomic E-state index is -0.692. The lowest BCUT2D eigenvalue weighted by Crippen LogP contribution is -2.14. The molecule has 1 aliphatic heterocycles. The summed E-state index contributed by atoms with van der Waals surface area (Å²) in [5.41, 5.74) is 0. The molecule has 2 aromatic rings. The van der Waals surface area contributed by atoms with Gasteiger partial charge in [0, 0.05) is 25.4 Å². The predicted octanol–water partition coefficient (Wildman–Crippen LogP) is 2.54. The Balaban J connectivity index is 1.63. The number of benzene rings is 1. The maximum Gasteiger partial charge on any atom is 0.514 e. The molecule has 0 N–H and O–H groups in total. The van der Waals surface area contributed by atoms with E-state index in [2.05, 4.69) is 4.98 Å². The molecule has 1 aromatic carbocycles. The third-order valence-corrected chi connectivity index (χ3v) is 2.85. The highest BCUT2D eigenvalue weighted by atomic mass is 16.7. The molecule has 0 fully saturated rings. The van der Waals surface area contributed by atoms with Gasteiger partial charge in [-0.05, 0) is 12.1 Å². The van der Waals surface area contributed by atoms with Gasteiger partial charge in [-0.2, -0.15) is 0 Å². The summed E-state index contributed by atoms with van der Waals surface area (Å²) < 4.78 is 12.3. The van der Waals surface area contributed by atoms with Gasteiger partial charge in [-0.3, -0.25) is 0 Å². The first-order valence-electron chi connectivity index (χ1n) is 5.77. The lowest BCUT2D eigenvalue weighted by Gasteiger charge is -2.10. The van der Waals surface area contributed by atoms with Crippen LogP contribution in [0.3, 0.4) is 0 Å². The number of hydrogen-bond donors (Lipinski definition) is 0. The second kappa shape index (κ2) is 4.52. The van der Waals surface area contributed by atoms with Crippen molar-refractivity contribution in [3.8, 4) is 5.75 Å². The fraction of sp³-hybridized carbons (Fsp3) is 0.231. The zero-order chi connectivity index (χ0) is 12.4. The molecule has 1 aromatic heterocycles. The number of carbonyl (C=O) groups excluding carboxylic acids is 1.